The number of non-ortho nitro benzene ring substituents is 1. The molecule has 9 heteroatoms. The third-order valence-electron chi connectivity index (χ3n) is 5.41. The van der Waals surface area contributed by atoms with Crippen molar-refractivity contribution in [3.63, 3.8) is 0 Å². The van der Waals surface area contributed by atoms with E-state index in [0.717, 1.165) is 4.90 Å². The fourth-order valence-electron chi connectivity index (χ4n) is 3.41. The van der Waals surface area contributed by atoms with Gasteiger partial charge in [0.1, 0.15) is 11.5 Å². The standard InChI is InChI=1S/C29H22FN3O4S/c30-26-9-5-4-8-22(26)19-38-25-16-12-23(13-17-25)31-29(35)27(32-28(34)21-6-2-1-3-7-21)18-20-10-14-24(15-11-20)33(36)37/h1-18H,19H2,(H,31,35)(H,32,34)/b27-18-. The number of hydrogen-bond acceptors (Lipinski definition) is 5. The summed E-state index contributed by atoms with van der Waals surface area (Å²) in [6.45, 7) is 0. The summed E-state index contributed by atoms with van der Waals surface area (Å²) in [4.78, 5) is 37.2. The number of nitrogens with zero attached hydrogens (tertiary/aromatic N) is 1. The van der Waals surface area contributed by atoms with Crippen molar-refractivity contribution in [1.29, 1.82) is 0 Å². The largest absolute Gasteiger partial charge is 0.321 e. The summed E-state index contributed by atoms with van der Waals surface area (Å²) in [5.74, 6) is -0.839. The topological polar surface area (TPSA) is 101 Å². The summed E-state index contributed by atoms with van der Waals surface area (Å²) in [5, 5.41) is 16.3. The van der Waals surface area contributed by atoms with Crippen molar-refractivity contribution in [3.8, 4) is 0 Å². The fraction of sp³-hybridized carbons (Fsp3) is 0.0345. The summed E-state index contributed by atoms with van der Waals surface area (Å²) < 4.78 is 13.9. The number of carbonyl (C=O) groups excluding carboxylic acids is 2. The highest BCUT2D eigenvalue weighted by atomic mass is 32.2. The highest BCUT2D eigenvalue weighted by Crippen LogP contribution is 2.25. The minimum atomic E-state index is -0.570. The maximum Gasteiger partial charge on any atom is 0.272 e. The number of amides is 2. The van der Waals surface area contributed by atoms with Crippen LogP contribution in [0, 0.1) is 15.9 Å². The Balaban J connectivity index is 1.49. The molecule has 0 saturated heterocycles. The molecule has 0 saturated carbocycles. The molecule has 0 unspecified atom stereocenters. The summed E-state index contributed by atoms with van der Waals surface area (Å²) in [6.07, 6.45) is 1.44. The van der Waals surface area contributed by atoms with Gasteiger partial charge in [0.25, 0.3) is 17.5 Å². The lowest BCUT2D eigenvalue weighted by Gasteiger charge is -2.12. The van der Waals surface area contributed by atoms with Crippen LogP contribution in [-0.2, 0) is 10.5 Å². The molecule has 0 atom stereocenters. The van der Waals surface area contributed by atoms with Crippen LogP contribution in [0.3, 0.4) is 0 Å². The average molecular weight is 528 g/mol. The van der Waals surface area contributed by atoms with Gasteiger partial charge in [0.05, 0.1) is 4.92 Å². The van der Waals surface area contributed by atoms with Gasteiger partial charge in [-0.1, -0.05) is 36.4 Å². The number of benzene rings is 4. The lowest BCUT2D eigenvalue weighted by molar-refractivity contribution is -0.384. The zero-order valence-electron chi connectivity index (χ0n) is 20.0. The van der Waals surface area contributed by atoms with Gasteiger partial charge < -0.3 is 10.6 Å². The summed E-state index contributed by atoms with van der Waals surface area (Å²) in [5.41, 5.74) is 1.83. The van der Waals surface area contributed by atoms with Crippen molar-refractivity contribution in [1.82, 2.24) is 5.32 Å². The van der Waals surface area contributed by atoms with Crippen LogP contribution in [0.5, 0.6) is 0 Å². The molecular formula is C29H22FN3O4S. The van der Waals surface area contributed by atoms with E-state index in [1.807, 2.05) is 12.1 Å². The van der Waals surface area contributed by atoms with Crippen LogP contribution >= 0.6 is 11.8 Å². The molecule has 0 aliphatic heterocycles. The Labute approximate surface area is 222 Å². The second-order valence-electron chi connectivity index (χ2n) is 8.09. The Morgan fingerprint density at radius 1 is 0.868 bits per heavy atom. The number of halogens is 1. The lowest BCUT2D eigenvalue weighted by Crippen LogP contribution is -2.30. The van der Waals surface area contributed by atoms with Crippen LogP contribution in [0.4, 0.5) is 15.8 Å². The Kier molecular flexibility index (Phi) is 8.63. The fourth-order valence-corrected chi connectivity index (χ4v) is 4.30. The van der Waals surface area contributed by atoms with Crippen molar-refractivity contribution in [2.45, 2.75) is 10.6 Å². The average Bonchev–Trinajstić information content (AvgIpc) is 2.93. The molecule has 7 nitrogen and oxygen atoms in total. The number of nitro benzene ring substituents is 1. The molecule has 2 amide bonds. The normalized spacial score (nSPS) is 11.0. The minimum absolute atomic E-state index is 0.0364. The van der Waals surface area contributed by atoms with Gasteiger partial charge in [0.15, 0.2) is 0 Å². The van der Waals surface area contributed by atoms with E-state index in [1.165, 1.54) is 48.2 Å². The first kappa shape index (κ1) is 26.3. The summed E-state index contributed by atoms with van der Waals surface area (Å²) in [7, 11) is 0. The molecule has 4 rings (SSSR count). The van der Waals surface area contributed by atoms with Gasteiger partial charge in [-0.05, 0) is 71.8 Å². The number of rotatable bonds is 9. The van der Waals surface area contributed by atoms with Gasteiger partial charge in [0.2, 0.25) is 0 Å². The minimum Gasteiger partial charge on any atom is -0.321 e. The van der Waals surface area contributed by atoms with Crippen molar-refractivity contribution in [2.24, 2.45) is 0 Å². The van der Waals surface area contributed by atoms with E-state index < -0.39 is 16.7 Å². The predicted octanol–water partition coefficient (Wildman–Crippen LogP) is 6.44. The molecule has 0 fully saturated rings. The van der Waals surface area contributed by atoms with Gasteiger partial charge in [-0.25, -0.2) is 4.39 Å². The van der Waals surface area contributed by atoms with Gasteiger partial charge in [-0.15, -0.1) is 11.8 Å². The number of nitrogens with one attached hydrogen (secondary N) is 2. The number of anilines is 1. The number of thioether (sulfide) groups is 1. The van der Waals surface area contributed by atoms with E-state index in [9.17, 15) is 24.1 Å². The molecule has 4 aromatic rings. The Morgan fingerprint density at radius 3 is 2.18 bits per heavy atom. The Hall–Kier alpha value is -4.76. The summed E-state index contributed by atoms with van der Waals surface area (Å²) in [6, 6.07) is 27.7. The molecule has 0 aliphatic carbocycles. The third-order valence-corrected chi connectivity index (χ3v) is 6.47. The molecule has 0 heterocycles. The van der Waals surface area contributed by atoms with E-state index in [1.54, 1.807) is 60.7 Å². The molecule has 2 N–H and O–H groups in total. The Morgan fingerprint density at radius 2 is 1.53 bits per heavy atom. The first-order chi connectivity index (χ1) is 18.4. The lowest BCUT2D eigenvalue weighted by atomic mass is 10.1. The SMILES string of the molecule is O=C(Nc1ccc(SCc2ccccc2F)cc1)/C(=C/c1ccc([N+](=O)[O-])cc1)NC(=O)c1ccccc1. The van der Waals surface area contributed by atoms with E-state index >= 15 is 0 Å². The third kappa shape index (κ3) is 7.14. The quantitative estimate of drug-likeness (QED) is 0.113. The highest BCUT2D eigenvalue weighted by Gasteiger charge is 2.16. The zero-order chi connectivity index (χ0) is 26.9. The van der Waals surface area contributed by atoms with Gasteiger partial charge in [0, 0.05) is 34.0 Å². The Bertz CT molecular complexity index is 1470. The highest BCUT2D eigenvalue weighted by molar-refractivity contribution is 7.98. The molecular weight excluding hydrogens is 505 g/mol. The monoisotopic (exact) mass is 527 g/mol. The van der Waals surface area contributed by atoms with Crippen molar-refractivity contribution >= 4 is 41.0 Å². The molecule has 0 aliphatic rings. The van der Waals surface area contributed by atoms with E-state index in [0.29, 0.717) is 28.1 Å². The predicted molar refractivity (Wildman–Crippen MR) is 146 cm³/mol. The van der Waals surface area contributed by atoms with Crippen LogP contribution in [0.1, 0.15) is 21.5 Å². The van der Waals surface area contributed by atoms with Crippen LogP contribution in [-0.4, -0.2) is 16.7 Å². The number of nitro groups is 1. The van der Waals surface area contributed by atoms with Crippen LogP contribution < -0.4 is 10.6 Å². The van der Waals surface area contributed by atoms with Crippen molar-refractivity contribution in [3.05, 3.63) is 141 Å². The molecule has 38 heavy (non-hydrogen) atoms. The molecule has 0 bridgehead atoms. The van der Waals surface area contributed by atoms with Gasteiger partial charge in [-0.2, -0.15) is 0 Å². The van der Waals surface area contributed by atoms with Crippen molar-refractivity contribution < 1.29 is 18.9 Å². The molecule has 4 aromatic carbocycles. The summed E-state index contributed by atoms with van der Waals surface area (Å²) >= 11 is 1.46. The van der Waals surface area contributed by atoms with E-state index in [-0.39, 0.29) is 17.2 Å². The maximum atomic E-state index is 13.9. The molecule has 0 aromatic heterocycles. The zero-order valence-corrected chi connectivity index (χ0v) is 20.8. The van der Waals surface area contributed by atoms with Crippen LogP contribution in [0.2, 0.25) is 0 Å². The first-order valence-corrected chi connectivity index (χ1v) is 12.5. The van der Waals surface area contributed by atoms with Crippen LogP contribution in [0.15, 0.2) is 114 Å². The van der Waals surface area contributed by atoms with E-state index in [2.05, 4.69) is 10.6 Å². The molecule has 0 radical (unpaired) electrons. The van der Waals surface area contributed by atoms with Crippen LogP contribution in [0.25, 0.3) is 6.08 Å². The van der Waals surface area contributed by atoms with Crippen molar-refractivity contribution in [2.75, 3.05) is 5.32 Å². The van der Waals surface area contributed by atoms with E-state index in [4.69, 9.17) is 0 Å². The van der Waals surface area contributed by atoms with Gasteiger partial charge in [-0.3, -0.25) is 19.7 Å². The first-order valence-electron chi connectivity index (χ1n) is 11.5. The second-order valence-corrected chi connectivity index (χ2v) is 9.13. The number of hydrogen-bond donors (Lipinski definition) is 2. The molecule has 190 valence electrons. The van der Waals surface area contributed by atoms with Gasteiger partial charge >= 0.3 is 0 Å². The number of carbonyl (C=O) groups is 2. The second kappa shape index (κ2) is 12.5. The smallest absolute Gasteiger partial charge is 0.272 e. The molecule has 0 spiro atoms. The maximum absolute atomic E-state index is 13.9.